The molecule has 0 bridgehead atoms. The summed E-state index contributed by atoms with van der Waals surface area (Å²) in [5.74, 6) is -0.105. The van der Waals surface area contributed by atoms with Gasteiger partial charge in [0.2, 0.25) is 0 Å². The van der Waals surface area contributed by atoms with Gasteiger partial charge in [0.1, 0.15) is 0 Å². The van der Waals surface area contributed by atoms with E-state index in [0.29, 0.717) is 11.1 Å². The van der Waals surface area contributed by atoms with Crippen molar-refractivity contribution in [3.63, 3.8) is 0 Å². The minimum absolute atomic E-state index is 0.105. The second kappa shape index (κ2) is 5.30. The molecule has 0 heterocycles. The van der Waals surface area contributed by atoms with Crippen molar-refractivity contribution in [2.75, 3.05) is 0 Å². The number of carbonyl (C=O) groups is 1. The molecule has 0 aliphatic heterocycles. The Labute approximate surface area is 73.8 Å². The van der Waals surface area contributed by atoms with Crippen molar-refractivity contribution < 1.29 is 4.79 Å². The molecule has 0 unspecified atom stereocenters. The lowest BCUT2D eigenvalue weighted by Gasteiger charge is -1.97. The first kappa shape index (κ1) is 10.6. The Balaban J connectivity index is 4.40. The zero-order valence-corrected chi connectivity index (χ0v) is 7.63. The Bertz CT molecular complexity index is 228. The van der Waals surface area contributed by atoms with E-state index in [1.807, 2.05) is 13.8 Å². The lowest BCUT2D eigenvalue weighted by Crippen LogP contribution is -2.00. The normalized spacial score (nSPS) is 10.8. The van der Waals surface area contributed by atoms with Crippen molar-refractivity contribution in [1.29, 1.82) is 0 Å². The first-order valence-electron chi connectivity index (χ1n) is 3.81. The standard InChI is InChI=1S/C11H14O/c1-5-7-9(3)11(12)10(4)8-6-2/h5-8H,3-4H2,1-2H3. The Kier molecular flexibility index (Phi) is 4.70. The van der Waals surface area contributed by atoms with Crippen LogP contribution in [0.4, 0.5) is 0 Å². The topological polar surface area (TPSA) is 17.1 Å². The van der Waals surface area contributed by atoms with Crippen molar-refractivity contribution in [2.45, 2.75) is 13.8 Å². The molecule has 0 fully saturated rings. The van der Waals surface area contributed by atoms with Gasteiger partial charge in [0.25, 0.3) is 0 Å². The van der Waals surface area contributed by atoms with E-state index in [2.05, 4.69) is 13.2 Å². The Morgan fingerprint density at radius 1 is 1.00 bits per heavy atom. The van der Waals surface area contributed by atoms with E-state index >= 15 is 0 Å². The highest BCUT2D eigenvalue weighted by atomic mass is 16.1. The molecule has 1 nitrogen and oxygen atoms in total. The minimum atomic E-state index is -0.105. The lowest BCUT2D eigenvalue weighted by molar-refractivity contribution is -0.111. The highest BCUT2D eigenvalue weighted by Gasteiger charge is 2.04. The van der Waals surface area contributed by atoms with Gasteiger partial charge in [0.05, 0.1) is 0 Å². The predicted molar refractivity (Wildman–Crippen MR) is 52.9 cm³/mol. The molecule has 1 heteroatoms. The van der Waals surface area contributed by atoms with E-state index in [-0.39, 0.29) is 5.78 Å². The average Bonchev–Trinajstić information content (AvgIpc) is 2.04. The van der Waals surface area contributed by atoms with Crippen molar-refractivity contribution in [1.82, 2.24) is 0 Å². The molecule has 0 aliphatic rings. The molecule has 0 radical (unpaired) electrons. The lowest BCUT2D eigenvalue weighted by atomic mass is 10.1. The van der Waals surface area contributed by atoms with Crippen molar-refractivity contribution in [3.05, 3.63) is 48.6 Å². The molecule has 0 aromatic heterocycles. The quantitative estimate of drug-likeness (QED) is 0.459. The molecule has 12 heavy (non-hydrogen) atoms. The minimum Gasteiger partial charge on any atom is -0.289 e. The first-order valence-corrected chi connectivity index (χ1v) is 3.81. The van der Waals surface area contributed by atoms with Crippen molar-refractivity contribution in [2.24, 2.45) is 0 Å². The summed E-state index contributed by atoms with van der Waals surface area (Å²) >= 11 is 0. The van der Waals surface area contributed by atoms with Crippen molar-refractivity contribution >= 4 is 5.78 Å². The summed E-state index contributed by atoms with van der Waals surface area (Å²) in [6.45, 7) is 10.9. The summed E-state index contributed by atoms with van der Waals surface area (Å²) in [4.78, 5) is 11.3. The van der Waals surface area contributed by atoms with Crippen LogP contribution in [0.15, 0.2) is 48.6 Å². The summed E-state index contributed by atoms with van der Waals surface area (Å²) in [6, 6.07) is 0. The number of carbonyl (C=O) groups excluding carboxylic acids is 1. The van der Waals surface area contributed by atoms with Gasteiger partial charge in [-0.2, -0.15) is 0 Å². The smallest absolute Gasteiger partial charge is 0.191 e. The number of allylic oxidation sites excluding steroid dienone is 6. The monoisotopic (exact) mass is 162 g/mol. The van der Waals surface area contributed by atoms with E-state index in [0.717, 1.165) is 0 Å². The van der Waals surface area contributed by atoms with Gasteiger partial charge in [-0.3, -0.25) is 4.79 Å². The van der Waals surface area contributed by atoms with Crippen LogP contribution in [-0.2, 0) is 4.79 Å². The predicted octanol–water partition coefficient (Wildman–Crippen LogP) is 2.82. The molecule has 0 amide bonds. The SMILES string of the molecule is C=C(C=CC)C(=O)C(=C)C=CC. The second-order valence-corrected chi connectivity index (χ2v) is 2.38. The molecule has 0 atom stereocenters. The second-order valence-electron chi connectivity index (χ2n) is 2.38. The van der Waals surface area contributed by atoms with Crippen LogP contribution >= 0.6 is 0 Å². The van der Waals surface area contributed by atoms with Crippen molar-refractivity contribution in [3.8, 4) is 0 Å². The third kappa shape index (κ3) is 3.15. The van der Waals surface area contributed by atoms with Crippen LogP contribution in [0.5, 0.6) is 0 Å². The number of hydrogen-bond acceptors (Lipinski definition) is 1. The third-order valence-electron chi connectivity index (χ3n) is 1.32. The van der Waals surface area contributed by atoms with Gasteiger partial charge in [-0.1, -0.05) is 37.5 Å². The Morgan fingerprint density at radius 2 is 1.33 bits per heavy atom. The summed E-state index contributed by atoms with van der Waals surface area (Å²) in [6.07, 6.45) is 6.92. The zero-order chi connectivity index (χ0) is 9.56. The van der Waals surface area contributed by atoms with Gasteiger partial charge in [0.15, 0.2) is 5.78 Å². The van der Waals surface area contributed by atoms with Gasteiger partial charge >= 0.3 is 0 Å². The molecule has 0 N–H and O–H groups in total. The summed E-state index contributed by atoms with van der Waals surface area (Å²) in [5, 5.41) is 0. The maximum Gasteiger partial charge on any atom is 0.191 e. The number of hydrogen-bond donors (Lipinski definition) is 0. The zero-order valence-electron chi connectivity index (χ0n) is 7.63. The number of Topliss-reactive ketones (excluding diaryl/α,β-unsaturated/α-hetero) is 1. The fraction of sp³-hybridized carbons (Fsp3) is 0.182. The van der Waals surface area contributed by atoms with Gasteiger partial charge in [-0.25, -0.2) is 0 Å². The molecule has 0 spiro atoms. The highest BCUT2D eigenvalue weighted by Crippen LogP contribution is 2.04. The van der Waals surface area contributed by atoms with Gasteiger partial charge < -0.3 is 0 Å². The van der Waals surface area contributed by atoms with E-state index in [9.17, 15) is 4.79 Å². The highest BCUT2D eigenvalue weighted by molar-refractivity contribution is 6.10. The van der Waals surface area contributed by atoms with Gasteiger partial charge in [-0.15, -0.1) is 0 Å². The first-order chi connectivity index (χ1) is 5.63. The summed E-state index contributed by atoms with van der Waals surface area (Å²) in [5.41, 5.74) is 0.946. The summed E-state index contributed by atoms with van der Waals surface area (Å²) < 4.78 is 0. The third-order valence-corrected chi connectivity index (χ3v) is 1.32. The molecule has 64 valence electrons. The van der Waals surface area contributed by atoms with Gasteiger partial charge in [-0.05, 0) is 13.8 Å². The van der Waals surface area contributed by atoms with E-state index in [1.165, 1.54) is 0 Å². The molecule has 0 saturated carbocycles. The van der Waals surface area contributed by atoms with E-state index < -0.39 is 0 Å². The molecule has 0 aromatic carbocycles. The van der Waals surface area contributed by atoms with E-state index in [1.54, 1.807) is 24.3 Å². The van der Waals surface area contributed by atoms with Crippen LogP contribution < -0.4 is 0 Å². The van der Waals surface area contributed by atoms with Crippen LogP contribution in [0.1, 0.15) is 13.8 Å². The van der Waals surface area contributed by atoms with Gasteiger partial charge in [0, 0.05) is 11.1 Å². The van der Waals surface area contributed by atoms with Crippen LogP contribution in [-0.4, -0.2) is 5.78 Å². The fourth-order valence-electron chi connectivity index (χ4n) is 0.760. The van der Waals surface area contributed by atoms with Crippen LogP contribution in [0.3, 0.4) is 0 Å². The maximum absolute atomic E-state index is 11.3. The largest absolute Gasteiger partial charge is 0.289 e. The number of rotatable bonds is 4. The molecule has 0 aliphatic carbocycles. The van der Waals surface area contributed by atoms with Crippen LogP contribution in [0.2, 0.25) is 0 Å². The Hall–Kier alpha value is -1.37. The molecular weight excluding hydrogens is 148 g/mol. The average molecular weight is 162 g/mol. The maximum atomic E-state index is 11.3. The number of ketones is 1. The van der Waals surface area contributed by atoms with Crippen LogP contribution in [0, 0.1) is 0 Å². The fourth-order valence-corrected chi connectivity index (χ4v) is 0.760. The molecule has 0 rings (SSSR count). The Morgan fingerprint density at radius 3 is 1.58 bits per heavy atom. The summed E-state index contributed by atoms with van der Waals surface area (Å²) in [7, 11) is 0. The van der Waals surface area contributed by atoms with Crippen LogP contribution in [0.25, 0.3) is 0 Å². The molecule has 0 saturated heterocycles. The molecule has 0 aromatic rings. The van der Waals surface area contributed by atoms with E-state index in [4.69, 9.17) is 0 Å². The molecular formula is C11H14O.